The first kappa shape index (κ1) is 17.0. The van der Waals surface area contributed by atoms with Crippen molar-refractivity contribution in [2.24, 2.45) is 29.1 Å². The zero-order chi connectivity index (χ0) is 13.6. The Morgan fingerprint density at radius 3 is 1.65 bits per heavy atom. The van der Waals surface area contributed by atoms with Crippen LogP contribution in [0.3, 0.4) is 0 Å². The molecule has 17 heavy (non-hydrogen) atoms. The molecule has 0 bridgehead atoms. The van der Waals surface area contributed by atoms with E-state index in [1.807, 2.05) is 0 Å². The number of hydrogen-bond acceptors (Lipinski definition) is 0. The molecule has 0 aliphatic heterocycles. The molecule has 3 unspecified atom stereocenters. The fourth-order valence-corrected chi connectivity index (χ4v) is 2.97. The molecule has 0 saturated carbocycles. The van der Waals surface area contributed by atoms with Crippen LogP contribution in [0.15, 0.2) is 0 Å². The molecule has 3 atom stereocenters. The average Bonchev–Trinajstić information content (AvgIpc) is 2.29. The van der Waals surface area contributed by atoms with Gasteiger partial charge in [-0.1, -0.05) is 74.7 Å². The summed E-state index contributed by atoms with van der Waals surface area (Å²) in [5.74, 6) is 3.46. The summed E-state index contributed by atoms with van der Waals surface area (Å²) in [5.41, 5.74) is 0.482. The van der Waals surface area contributed by atoms with Crippen LogP contribution < -0.4 is 0 Å². The van der Waals surface area contributed by atoms with Crippen LogP contribution in [0, 0.1) is 29.1 Å². The summed E-state index contributed by atoms with van der Waals surface area (Å²) >= 11 is 0. The molecule has 0 spiro atoms. The van der Waals surface area contributed by atoms with E-state index >= 15 is 0 Å². The van der Waals surface area contributed by atoms with Gasteiger partial charge in [-0.2, -0.15) is 0 Å². The summed E-state index contributed by atoms with van der Waals surface area (Å²) in [6, 6.07) is 0. The van der Waals surface area contributed by atoms with Gasteiger partial charge in [0.2, 0.25) is 0 Å². The maximum absolute atomic E-state index is 2.47. The van der Waals surface area contributed by atoms with Crippen molar-refractivity contribution in [1.82, 2.24) is 0 Å². The summed E-state index contributed by atoms with van der Waals surface area (Å²) in [4.78, 5) is 0. The van der Waals surface area contributed by atoms with Gasteiger partial charge < -0.3 is 0 Å². The second kappa shape index (κ2) is 7.44. The largest absolute Gasteiger partial charge is 0.0651 e. The van der Waals surface area contributed by atoms with Crippen molar-refractivity contribution in [3.8, 4) is 0 Å². The monoisotopic (exact) mass is 240 g/mol. The van der Waals surface area contributed by atoms with E-state index in [2.05, 4.69) is 55.4 Å². The van der Waals surface area contributed by atoms with Gasteiger partial charge in [-0.05, 0) is 35.5 Å². The summed E-state index contributed by atoms with van der Waals surface area (Å²) in [5, 5.41) is 0. The minimum absolute atomic E-state index is 0.482. The Labute approximate surface area is 111 Å². The third-order valence-electron chi connectivity index (χ3n) is 5.59. The van der Waals surface area contributed by atoms with Crippen molar-refractivity contribution in [2.75, 3.05) is 0 Å². The lowest BCUT2D eigenvalue weighted by molar-refractivity contribution is 0.0955. The van der Waals surface area contributed by atoms with Gasteiger partial charge in [0.1, 0.15) is 0 Å². The van der Waals surface area contributed by atoms with Gasteiger partial charge in [-0.25, -0.2) is 0 Å². The van der Waals surface area contributed by atoms with Crippen LogP contribution in [0.25, 0.3) is 0 Å². The van der Waals surface area contributed by atoms with E-state index < -0.39 is 0 Å². The van der Waals surface area contributed by atoms with E-state index in [4.69, 9.17) is 0 Å². The second-order valence-electron chi connectivity index (χ2n) is 6.87. The second-order valence-corrected chi connectivity index (χ2v) is 6.87. The quantitative estimate of drug-likeness (QED) is 0.477. The number of hydrogen-bond donors (Lipinski definition) is 0. The molecule has 0 N–H and O–H groups in total. The molecular formula is C17H36. The van der Waals surface area contributed by atoms with Crippen molar-refractivity contribution in [3.05, 3.63) is 0 Å². The van der Waals surface area contributed by atoms with Crippen LogP contribution in [0.5, 0.6) is 0 Å². The standard InChI is InChI=1S/C17H36/c1-9-14(6)15(10-2)12-16(11-3)17(7,8)13(4)5/h13-16H,9-12H2,1-8H3. The SMILES string of the molecule is CCC(C)C(CC)CC(CC)C(C)(C)C(C)C. The molecule has 0 amide bonds. The Bertz CT molecular complexity index is 190. The summed E-state index contributed by atoms with van der Waals surface area (Å²) < 4.78 is 0. The van der Waals surface area contributed by atoms with E-state index in [9.17, 15) is 0 Å². The highest BCUT2D eigenvalue weighted by Gasteiger charge is 2.33. The van der Waals surface area contributed by atoms with Crippen LogP contribution in [0.1, 0.15) is 81.1 Å². The number of rotatable bonds is 8. The summed E-state index contributed by atoms with van der Waals surface area (Å²) in [6.07, 6.45) is 5.43. The minimum atomic E-state index is 0.482. The summed E-state index contributed by atoms with van der Waals surface area (Å²) in [7, 11) is 0. The Kier molecular flexibility index (Phi) is 7.44. The van der Waals surface area contributed by atoms with Crippen LogP contribution >= 0.6 is 0 Å². The first-order valence-corrected chi connectivity index (χ1v) is 7.81. The van der Waals surface area contributed by atoms with Crippen molar-refractivity contribution in [3.63, 3.8) is 0 Å². The lowest BCUT2D eigenvalue weighted by atomic mass is 9.65. The molecule has 0 nitrogen and oxygen atoms in total. The highest BCUT2D eigenvalue weighted by Crippen LogP contribution is 2.42. The van der Waals surface area contributed by atoms with E-state index in [1.165, 1.54) is 25.7 Å². The first-order valence-electron chi connectivity index (χ1n) is 7.81. The maximum Gasteiger partial charge on any atom is -0.0303 e. The molecule has 0 heteroatoms. The molecule has 0 heterocycles. The predicted molar refractivity (Wildman–Crippen MR) is 80.3 cm³/mol. The van der Waals surface area contributed by atoms with Crippen molar-refractivity contribution >= 4 is 0 Å². The smallest absolute Gasteiger partial charge is 0.0303 e. The molecule has 0 fully saturated rings. The molecule has 0 aliphatic rings. The molecule has 104 valence electrons. The predicted octanol–water partition coefficient (Wildman–Crippen LogP) is 6.16. The van der Waals surface area contributed by atoms with Gasteiger partial charge in [0, 0.05) is 0 Å². The van der Waals surface area contributed by atoms with Crippen molar-refractivity contribution in [1.29, 1.82) is 0 Å². The van der Waals surface area contributed by atoms with Gasteiger partial charge in [-0.3, -0.25) is 0 Å². The zero-order valence-electron chi connectivity index (χ0n) is 13.6. The average molecular weight is 240 g/mol. The summed E-state index contributed by atoms with van der Waals surface area (Å²) in [6.45, 7) is 19.2. The molecule has 0 radical (unpaired) electrons. The molecule has 0 saturated heterocycles. The maximum atomic E-state index is 2.47. The van der Waals surface area contributed by atoms with E-state index in [1.54, 1.807) is 0 Å². The third kappa shape index (κ3) is 4.64. The van der Waals surface area contributed by atoms with Gasteiger partial charge in [-0.15, -0.1) is 0 Å². The topological polar surface area (TPSA) is 0 Å². The van der Waals surface area contributed by atoms with Gasteiger partial charge in [0.25, 0.3) is 0 Å². The van der Waals surface area contributed by atoms with Gasteiger partial charge >= 0.3 is 0 Å². The van der Waals surface area contributed by atoms with Crippen LogP contribution in [-0.2, 0) is 0 Å². The Balaban J connectivity index is 4.68. The molecule has 0 aromatic rings. The molecule has 0 aromatic carbocycles. The van der Waals surface area contributed by atoms with Crippen molar-refractivity contribution < 1.29 is 0 Å². The minimum Gasteiger partial charge on any atom is -0.0651 e. The zero-order valence-corrected chi connectivity index (χ0v) is 13.6. The first-order chi connectivity index (χ1) is 7.81. The highest BCUT2D eigenvalue weighted by atomic mass is 14.4. The lowest BCUT2D eigenvalue weighted by Gasteiger charge is -2.40. The van der Waals surface area contributed by atoms with Gasteiger partial charge in [0.05, 0.1) is 0 Å². The highest BCUT2D eigenvalue weighted by molar-refractivity contribution is 4.83. The normalized spacial score (nSPS) is 18.2. The Morgan fingerprint density at radius 1 is 0.824 bits per heavy atom. The fourth-order valence-electron chi connectivity index (χ4n) is 2.97. The van der Waals surface area contributed by atoms with Gasteiger partial charge in [0.15, 0.2) is 0 Å². The van der Waals surface area contributed by atoms with E-state index in [-0.39, 0.29) is 0 Å². The molecule has 0 aromatic heterocycles. The Hall–Kier alpha value is 0. The molecule has 0 aliphatic carbocycles. The van der Waals surface area contributed by atoms with E-state index in [0.717, 1.165) is 23.7 Å². The molecule has 0 rings (SSSR count). The van der Waals surface area contributed by atoms with Crippen LogP contribution in [-0.4, -0.2) is 0 Å². The molecular weight excluding hydrogens is 204 g/mol. The fraction of sp³-hybridized carbons (Fsp3) is 1.00. The lowest BCUT2D eigenvalue weighted by Crippen LogP contribution is -2.31. The van der Waals surface area contributed by atoms with E-state index in [0.29, 0.717) is 5.41 Å². The third-order valence-corrected chi connectivity index (χ3v) is 5.59. The Morgan fingerprint density at radius 2 is 1.35 bits per heavy atom. The van der Waals surface area contributed by atoms with Crippen LogP contribution in [0.2, 0.25) is 0 Å². The van der Waals surface area contributed by atoms with Crippen LogP contribution in [0.4, 0.5) is 0 Å². The van der Waals surface area contributed by atoms with Crippen molar-refractivity contribution in [2.45, 2.75) is 81.1 Å².